The SMILES string of the molecule is CCO[SiH](OCC)OCC.N=C=O.OB(O)O. The first-order valence-corrected chi connectivity index (χ1v) is 6.34. The van der Waals surface area contributed by atoms with E-state index >= 15 is 0 Å². The highest BCUT2D eigenvalue weighted by atomic mass is 28.3. The lowest BCUT2D eigenvalue weighted by Crippen LogP contribution is -2.27. The highest BCUT2D eigenvalue weighted by Crippen LogP contribution is 1.90. The van der Waals surface area contributed by atoms with E-state index in [2.05, 4.69) is 0 Å². The molecule has 0 aromatic rings. The summed E-state index contributed by atoms with van der Waals surface area (Å²) in [6.07, 6.45) is 0.750. The van der Waals surface area contributed by atoms with Crippen molar-refractivity contribution in [2.75, 3.05) is 19.8 Å². The molecule has 0 aliphatic rings. The van der Waals surface area contributed by atoms with Crippen molar-refractivity contribution in [2.45, 2.75) is 20.8 Å². The first-order chi connectivity index (χ1) is 7.99. The molecule has 0 aromatic carbocycles. The van der Waals surface area contributed by atoms with Crippen LogP contribution in [0.1, 0.15) is 20.8 Å². The summed E-state index contributed by atoms with van der Waals surface area (Å²) in [6, 6.07) is 0. The van der Waals surface area contributed by atoms with Gasteiger partial charge in [0.25, 0.3) is 0 Å². The lowest BCUT2D eigenvalue weighted by atomic mass is 10.3. The van der Waals surface area contributed by atoms with Crippen molar-refractivity contribution in [2.24, 2.45) is 0 Å². The van der Waals surface area contributed by atoms with Gasteiger partial charge in [-0.15, -0.1) is 0 Å². The van der Waals surface area contributed by atoms with Crippen LogP contribution in [0.3, 0.4) is 0 Å². The van der Waals surface area contributed by atoms with Gasteiger partial charge in [0.05, 0.1) is 0 Å². The van der Waals surface area contributed by atoms with E-state index in [0.29, 0.717) is 19.8 Å². The van der Waals surface area contributed by atoms with E-state index < -0.39 is 16.8 Å². The second-order valence-electron chi connectivity index (χ2n) is 2.10. The van der Waals surface area contributed by atoms with Gasteiger partial charge in [0, 0.05) is 19.8 Å². The highest BCUT2D eigenvalue weighted by molar-refractivity contribution is 6.36. The maximum atomic E-state index is 8.35. The third-order valence-corrected chi connectivity index (χ3v) is 2.72. The molecule has 0 aromatic heterocycles. The van der Waals surface area contributed by atoms with Crippen molar-refractivity contribution in [3.8, 4) is 0 Å². The van der Waals surface area contributed by atoms with Crippen LogP contribution in [0, 0.1) is 5.41 Å². The lowest BCUT2D eigenvalue weighted by Gasteiger charge is -2.12. The Morgan fingerprint density at radius 1 is 1.06 bits per heavy atom. The minimum atomic E-state index is -2.17. The number of rotatable bonds is 6. The van der Waals surface area contributed by atoms with Crippen LogP contribution < -0.4 is 0 Å². The summed E-state index contributed by atoms with van der Waals surface area (Å²) in [6.45, 7) is 7.86. The molecule has 4 N–H and O–H groups in total. The molecule has 0 rings (SSSR count). The van der Waals surface area contributed by atoms with Gasteiger partial charge in [-0.1, -0.05) is 0 Å². The Labute approximate surface area is 103 Å². The largest absolute Gasteiger partial charge is 0.631 e. The fourth-order valence-corrected chi connectivity index (χ4v) is 1.66. The zero-order valence-corrected chi connectivity index (χ0v) is 11.4. The molecule has 102 valence electrons. The molecule has 0 bridgehead atoms. The Bertz CT molecular complexity index is 151. The van der Waals surface area contributed by atoms with Crippen molar-refractivity contribution in [1.29, 1.82) is 5.41 Å². The smallest absolute Gasteiger partial charge is 0.402 e. The Kier molecular flexibility index (Phi) is 26.5. The Hall–Kier alpha value is -0.578. The molecule has 0 saturated heterocycles. The number of hydrogen-bond acceptors (Lipinski definition) is 8. The fraction of sp³-hybridized carbons (Fsp3) is 0.857. The molecule has 0 fully saturated rings. The average Bonchev–Trinajstić information content (AvgIpc) is 2.19. The molecule has 0 aliphatic carbocycles. The van der Waals surface area contributed by atoms with Crippen LogP contribution in [0.15, 0.2) is 0 Å². The van der Waals surface area contributed by atoms with Crippen LogP contribution in [-0.2, 0) is 18.1 Å². The fourth-order valence-electron chi connectivity index (χ4n) is 0.553. The lowest BCUT2D eigenvalue weighted by molar-refractivity contribution is 0.107. The molecule has 0 saturated carbocycles. The molecule has 0 aliphatic heterocycles. The molecule has 17 heavy (non-hydrogen) atoms. The third-order valence-electron chi connectivity index (χ3n) is 0.908. The molecule has 0 radical (unpaired) electrons. The molecule has 0 amide bonds. The minimum absolute atomic E-state index is 0.677. The summed E-state index contributed by atoms with van der Waals surface area (Å²) >= 11 is 0. The second kappa shape index (κ2) is 20.8. The number of carbonyl (C=O) groups excluding carboxylic acids is 1. The van der Waals surface area contributed by atoms with E-state index in [1.54, 1.807) is 0 Å². The molecule has 10 heteroatoms. The maximum absolute atomic E-state index is 8.35. The van der Waals surface area contributed by atoms with Gasteiger partial charge in [-0.3, -0.25) is 0 Å². The first-order valence-electron chi connectivity index (χ1n) is 4.92. The van der Waals surface area contributed by atoms with E-state index in [0.717, 1.165) is 6.08 Å². The quantitative estimate of drug-likeness (QED) is 0.267. The molecule has 0 unspecified atom stereocenters. The standard InChI is InChI=1S/C6H16O3Si.CHNO.BH3O3/c1-4-7-10(8-5-2)9-6-3;2-1-3;2-1(3)4/h10H,4-6H2,1-3H3;2H;2-4H. The topological polar surface area (TPSA) is 129 Å². The molecule has 0 heterocycles. The van der Waals surface area contributed by atoms with Crippen LogP contribution in [0.25, 0.3) is 0 Å². The first kappa shape index (κ1) is 21.7. The minimum Gasteiger partial charge on any atom is -0.402 e. The zero-order chi connectivity index (χ0) is 14.1. The number of nitrogens with one attached hydrogen (secondary N) is 1. The normalized spacial score (nSPS) is 8.41. The summed E-state index contributed by atoms with van der Waals surface area (Å²) in [5.74, 6) is 0. The van der Waals surface area contributed by atoms with Crippen LogP contribution >= 0.6 is 0 Å². The monoisotopic (exact) mass is 269 g/mol. The van der Waals surface area contributed by atoms with Crippen LogP contribution in [0.2, 0.25) is 0 Å². The summed E-state index contributed by atoms with van der Waals surface area (Å²) in [4.78, 5) is 8.35. The number of isocyanates is 1. The summed E-state index contributed by atoms with van der Waals surface area (Å²) in [5, 5.41) is 26.9. The van der Waals surface area contributed by atoms with Gasteiger partial charge in [0.2, 0.25) is 6.08 Å². The van der Waals surface area contributed by atoms with Crippen molar-refractivity contribution in [3.05, 3.63) is 0 Å². The average molecular weight is 269 g/mol. The van der Waals surface area contributed by atoms with Gasteiger partial charge < -0.3 is 28.4 Å². The van der Waals surface area contributed by atoms with E-state index in [4.69, 9.17) is 38.6 Å². The van der Waals surface area contributed by atoms with Gasteiger partial charge in [-0.05, 0) is 20.8 Å². The van der Waals surface area contributed by atoms with E-state index in [9.17, 15) is 0 Å². The third kappa shape index (κ3) is 39.2. The van der Waals surface area contributed by atoms with Crippen molar-refractivity contribution in [3.63, 3.8) is 0 Å². The highest BCUT2D eigenvalue weighted by Gasteiger charge is 2.11. The predicted octanol–water partition coefficient (Wildman–Crippen LogP) is -1.34. The number of hydrogen-bond donors (Lipinski definition) is 4. The van der Waals surface area contributed by atoms with Crippen molar-refractivity contribution in [1.82, 2.24) is 0 Å². The van der Waals surface area contributed by atoms with Crippen LogP contribution in [0.5, 0.6) is 0 Å². The summed E-state index contributed by atoms with van der Waals surface area (Å²) in [7, 11) is -3.90. The van der Waals surface area contributed by atoms with Gasteiger partial charge in [0.1, 0.15) is 0 Å². The van der Waals surface area contributed by atoms with E-state index in [1.165, 1.54) is 0 Å². The second-order valence-corrected chi connectivity index (χ2v) is 3.68. The maximum Gasteiger partial charge on any atom is 0.631 e. The van der Waals surface area contributed by atoms with Crippen LogP contribution in [0.4, 0.5) is 0 Å². The van der Waals surface area contributed by atoms with E-state index in [-0.39, 0.29) is 0 Å². The van der Waals surface area contributed by atoms with Crippen molar-refractivity contribution >= 4 is 22.9 Å². The molecule has 0 spiro atoms. The molecular weight excluding hydrogens is 249 g/mol. The van der Waals surface area contributed by atoms with Crippen LogP contribution in [-0.4, -0.2) is 57.8 Å². The predicted molar refractivity (Wildman–Crippen MR) is 62.9 cm³/mol. The Morgan fingerprint density at radius 2 is 1.24 bits per heavy atom. The van der Waals surface area contributed by atoms with Gasteiger partial charge >= 0.3 is 16.8 Å². The molecule has 8 nitrogen and oxygen atoms in total. The summed E-state index contributed by atoms with van der Waals surface area (Å²) < 4.78 is 15.7. The van der Waals surface area contributed by atoms with E-state index in [1.807, 2.05) is 20.8 Å². The van der Waals surface area contributed by atoms with Gasteiger partial charge in [-0.2, -0.15) is 0 Å². The Morgan fingerprint density at radius 3 is 1.35 bits per heavy atom. The van der Waals surface area contributed by atoms with Gasteiger partial charge in [0.15, 0.2) is 0 Å². The van der Waals surface area contributed by atoms with Crippen molar-refractivity contribution < 1.29 is 33.1 Å². The Balaban J connectivity index is -0.000000232. The summed E-state index contributed by atoms with van der Waals surface area (Å²) in [5.41, 5.74) is 0. The zero-order valence-electron chi connectivity index (χ0n) is 10.3. The van der Waals surface area contributed by atoms with Gasteiger partial charge in [-0.25, -0.2) is 10.2 Å². The molecule has 0 atom stereocenters. The molecular formula is C7H20BNO7Si.